The van der Waals surface area contributed by atoms with Crippen LogP contribution in [0.1, 0.15) is 51.5 Å². The molecule has 146 valence electrons. The van der Waals surface area contributed by atoms with Gasteiger partial charge in [0.1, 0.15) is 5.75 Å². The molecule has 2 aliphatic rings. The molecule has 1 aromatic carbocycles. The van der Waals surface area contributed by atoms with Gasteiger partial charge in [-0.1, -0.05) is 12.5 Å². The molecule has 1 aliphatic carbocycles. The number of benzene rings is 1. The molecule has 0 atom stereocenters. The molecule has 2 fully saturated rings. The third kappa shape index (κ3) is 3.86. The highest BCUT2D eigenvalue weighted by molar-refractivity contribution is 5.99. The van der Waals surface area contributed by atoms with Crippen LogP contribution in [0, 0.1) is 5.92 Å². The fourth-order valence-electron chi connectivity index (χ4n) is 3.57. The number of amides is 1. The summed E-state index contributed by atoms with van der Waals surface area (Å²) < 4.78 is 10.7. The first-order valence-corrected chi connectivity index (χ1v) is 9.69. The average molecular weight is 380 g/mol. The van der Waals surface area contributed by atoms with E-state index in [-0.39, 0.29) is 5.91 Å². The first kappa shape index (κ1) is 18.5. The first-order chi connectivity index (χ1) is 13.6. The van der Waals surface area contributed by atoms with Crippen LogP contribution < -0.4 is 4.74 Å². The number of hydrogen-bond donors (Lipinski definition) is 0. The lowest BCUT2D eigenvalue weighted by Gasteiger charge is -2.39. The van der Waals surface area contributed by atoms with Crippen LogP contribution in [0.3, 0.4) is 0 Å². The van der Waals surface area contributed by atoms with Crippen molar-refractivity contribution in [3.05, 3.63) is 59.4 Å². The summed E-state index contributed by atoms with van der Waals surface area (Å²) in [5.41, 5.74) is 1.93. The minimum atomic E-state index is -0.472. The number of likely N-dealkylation sites (tertiary alicyclic amines) is 1. The predicted octanol–water partition coefficient (Wildman–Crippen LogP) is 3.29. The Morgan fingerprint density at radius 3 is 2.61 bits per heavy atom. The minimum absolute atomic E-state index is 0.0978. The van der Waals surface area contributed by atoms with E-state index in [0.717, 1.165) is 5.56 Å². The highest BCUT2D eigenvalue weighted by Crippen LogP contribution is 2.30. The van der Waals surface area contributed by atoms with Crippen LogP contribution in [0.5, 0.6) is 5.75 Å². The van der Waals surface area contributed by atoms with Gasteiger partial charge in [-0.15, -0.1) is 0 Å². The minimum Gasteiger partial charge on any atom is -0.493 e. The summed E-state index contributed by atoms with van der Waals surface area (Å²) in [5, 5.41) is 0. The van der Waals surface area contributed by atoms with Gasteiger partial charge in [0.25, 0.3) is 5.91 Å². The van der Waals surface area contributed by atoms with Gasteiger partial charge < -0.3 is 14.4 Å². The molecule has 0 spiro atoms. The van der Waals surface area contributed by atoms with Gasteiger partial charge in [0, 0.05) is 37.0 Å². The fraction of sp³-hybridized carbons (Fsp3) is 0.409. The first-order valence-electron chi connectivity index (χ1n) is 9.69. The molecule has 0 bridgehead atoms. The van der Waals surface area contributed by atoms with Crippen molar-refractivity contribution in [2.24, 2.45) is 5.92 Å². The Morgan fingerprint density at radius 1 is 1.18 bits per heavy atom. The topological polar surface area (TPSA) is 68.7 Å². The average Bonchev–Trinajstić information content (AvgIpc) is 2.65. The van der Waals surface area contributed by atoms with Gasteiger partial charge in [-0.3, -0.25) is 9.78 Å². The van der Waals surface area contributed by atoms with Crippen molar-refractivity contribution in [1.82, 2.24) is 9.88 Å². The van der Waals surface area contributed by atoms with E-state index in [1.807, 2.05) is 18.3 Å². The van der Waals surface area contributed by atoms with Crippen LogP contribution in [0.15, 0.2) is 42.7 Å². The van der Waals surface area contributed by atoms with E-state index in [1.165, 1.54) is 26.4 Å². The lowest BCUT2D eigenvalue weighted by atomic mass is 9.86. The third-order valence-corrected chi connectivity index (χ3v) is 5.61. The maximum absolute atomic E-state index is 12.9. The Balaban J connectivity index is 1.47. The van der Waals surface area contributed by atoms with E-state index in [9.17, 15) is 9.59 Å². The number of aromatic nitrogens is 1. The van der Waals surface area contributed by atoms with Crippen LogP contribution >= 0.6 is 0 Å². The van der Waals surface area contributed by atoms with E-state index in [1.54, 1.807) is 29.3 Å². The Morgan fingerprint density at radius 2 is 1.96 bits per heavy atom. The number of nitrogens with zero attached hydrogens (tertiary/aromatic N) is 2. The van der Waals surface area contributed by atoms with Gasteiger partial charge in [-0.25, -0.2) is 4.79 Å². The zero-order chi connectivity index (χ0) is 19.5. The number of carbonyl (C=O) groups is 2. The molecule has 4 rings (SSSR count). The van der Waals surface area contributed by atoms with Crippen molar-refractivity contribution < 1.29 is 19.1 Å². The van der Waals surface area contributed by atoms with E-state index in [2.05, 4.69) is 4.98 Å². The summed E-state index contributed by atoms with van der Waals surface area (Å²) in [6.45, 7) is 1.90. The lowest BCUT2D eigenvalue weighted by molar-refractivity contribution is 0.0597. The number of methoxy groups -OCH3 is 1. The van der Waals surface area contributed by atoms with E-state index < -0.39 is 5.97 Å². The lowest BCUT2D eigenvalue weighted by Crippen LogP contribution is -2.48. The van der Waals surface area contributed by atoms with Crippen molar-refractivity contribution in [3.8, 4) is 5.75 Å². The van der Waals surface area contributed by atoms with Gasteiger partial charge in [0.05, 0.1) is 19.3 Å². The zero-order valence-corrected chi connectivity index (χ0v) is 16.0. The van der Waals surface area contributed by atoms with Crippen LogP contribution in [-0.4, -0.2) is 48.6 Å². The number of ether oxygens (including phenoxy) is 2. The summed E-state index contributed by atoms with van der Waals surface area (Å²) in [6.07, 6.45) is 7.18. The molecule has 0 N–H and O–H groups in total. The third-order valence-electron chi connectivity index (χ3n) is 5.61. The number of pyridine rings is 1. The van der Waals surface area contributed by atoms with Gasteiger partial charge in [-0.2, -0.15) is 0 Å². The maximum atomic E-state index is 12.9. The largest absolute Gasteiger partial charge is 0.493 e. The van der Waals surface area contributed by atoms with Crippen LogP contribution in [0.2, 0.25) is 0 Å². The molecule has 6 nitrogen and oxygen atoms in total. The molecule has 1 aromatic heterocycles. The summed E-state index contributed by atoms with van der Waals surface area (Å²) in [5.74, 6) is 0.842. The van der Waals surface area contributed by atoms with Gasteiger partial charge in [0.15, 0.2) is 0 Å². The molecule has 0 unspecified atom stereocenters. The smallest absolute Gasteiger partial charge is 0.338 e. The number of esters is 1. The normalized spacial score (nSPS) is 16.8. The second-order valence-electron chi connectivity index (χ2n) is 7.54. The van der Waals surface area contributed by atoms with Crippen LogP contribution in [0.25, 0.3) is 0 Å². The molecule has 1 saturated carbocycles. The van der Waals surface area contributed by atoms with Crippen molar-refractivity contribution >= 4 is 11.9 Å². The van der Waals surface area contributed by atoms with E-state index in [0.29, 0.717) is 48.4 Å². The van der Waals surface area contributed by atoms with Gasteiger partial charge in [0.2, 0.25) is 0 Å². The van der Waals surface area contributed by atoms with E-state index in [4.69, 9.17) is 9.47 Å². The second kappa shape index (κ2) is 8.00. The van der Waals surface area contributed by atoms with Crippen molar-refractivity contribution in [2.75, 3.05) is 26.8 Å². The second-order valence-corrected chi connectivity index (χ2v) is 7.54. The maximum Gasteiger partial charge on any atom is 0.338 e. The van der Waals surface area contributed by atoms with E-state index >= 15 is 0 Å². The van der Waals surface area contributed by atoms with Gasteiger partial charge >= 0.3 is 5.97 Å². The van der Waals surface area contributed by atoms with Crippen molar-refractivity contribution in [3.63, 3.8) is 0 Å². The molecular weight excluding hydrogens is 356 g/mol. The standard InChI is InChI=1S/C22H24N2O4/c1-27-22(26)18-8-17(9-20(10-18)28-14-15-4-2-5-15)21(25)24-12-19(13-24)16-6-3-7-23-11-16/h3,6-11,15,19H,2,4-5,12-14H2,1H3. The quantitative estimate of drug-likeness (QED) is 0.720. The Hall–Kier alpha value is -2.89. The molecule has 1 aliphatic heterocycles. The molecular formula is C22H24N2O4. The number of carbonyl (C=O) groups excluding carboxylic acids is 2. The van der Waals surface area contributed by atoms with Crippen LogP contribution in [-0.2, 0) is 4.74 Å². The Labute approximate surface area is 164 Å². The highest BCUT2D eigenvalue weighted by atomic mass is 16.5. The SMILES string of the molecule is COC(=O)c1cc(OCC2CCC2)cc(C(=O)N2CC(c3cccnc3)C2)c1. The summed E-state index contributed by atoms with van der Waals surface area (Å²) in [4.78, 5) is 30.9. The molecule has 2 heterocycles. The molecule has 28 heavy (non-hydrogen) atoms. The van der Waals surface area contributed by atoms with Gasteiger partial charge in [-0.05, 0) is 48.6 Å². The van der Waals surface area contributed by atoms with Crippen LogP contribution in [0.4, 0.5) is 0 Å². The number of rotatable bonds is 6. The fourth-order valence-corrected chi connectivity index (χ4v) is 3.57. The summed E-state index contributed by atoms with van der Waals surface area (Å²) in [7, 11) is 1.33. The molecule has 1 amide bonds. The zero-order valence-electron chi connectivity index (χ0n) is 16.0. The molecule has 2 aromatic rings. The molecule has 6 heteroatoms. The molecule has 1 saturated heterocycles. The van der Waals surface area contributed by atoms with Crippen molar-refractivity contribution in [2.45, 2.75) is 25.2 Å². The monoisotopic (exact) mass is 380 g/mol. The Kier molecular flexibility index (Phi) is 5.28. The number of hydrogen-bond acceptors (Lipinski definition) is 5. The Bertz CT molecular complexity index is 858. The predicted molar refractivity (Wildman–Crippen MR) is 103 cm³/mol. The van der Waals surface area contributed by atoms with Crippen molar-refractivity contribution in [1.29, 1.82) is 0 Å². The highest BCUT2D eigenvalue weighted by Gasteiger charge is 2.33. The summed E-state index contributed by atoms with van der Waals surface area (Å²) >= 11 is 0. The molecule has 0 radical (unpaired) electrons. The summed E-state index contributed by atoms with van der Waals surface area (Å²) in [6, 6.07) is 8.90.